The van der Waals surface area contributed by atoms with Crippen LogP contribution in [0, 0.1) is 6.92 Å². The van der Waals surface area contributed by atoms with Gasteiger partial charge in [-0.25, -0.2) is 4.98 Å². The van der Waals surface area contributed by atoms with Gasteiger partial charge in [0.2, 0.25) is 6.79 Å². The van der Waals surface area contributed by atoms with Gasteiger partial charge in [-0.2, -0.15) is 0 Å². The number of anilines is 1. The van der Waals surface area contributed by atoms with Crippen LogP contribution in [0.5, 0.6) is 11.5 Å². The second-order valence-electron chi connectivity index (χ2n) is 5.93. The van der Waals surface area contributed by atoms with Gasteiger partial charge >= 0.3 is 0 Å². The van der Waals surface area contributed by atoms with Crippen molar-refractivity contribution in [2.75, 3.05) is 25.3 Å². The van der Waals surface area contributed by atoms with E-state index in [1.807, 2.05) is 13.0 Å². The van der Waals surface area contributed by atoms with Crippen LogP contribution in [-0.2, 0) is 4.74 Å². The highest BCUT2D eigenvalue weighted by Gasteiger charge is 2.23. The van der Waals surface area contributed by atoms with Crippen LogP contribution in [0.2, 0.25) is 0 Å². The number of aromatic nitrogens is 1. The quantitative estimate of drug-likeness (QED) is 0.932. The summed E-state index contributed by atoms with van der Waals surface area (Å²) >= 11 is 0. The number of hydrogen-bond donors (Lipinski definition) is 1. The van der Waals surface area contributed by atoms with Crippen LogP contribution in [0.25, 0.3) is 0 Å². The van der Waals surface area contributed by atoms with E-state index in [1.165, 1.54) is 6.26 Å². The number of amides is 1. The standard InChI is InChI=1S/C17H18N2O5/c1-10-6-14-15(24-9-23-14)7-12(10)18-16(20)13-8-22-17(19-13)11-2-4-21-5-3-11/h6-8,11H,2-5,9H2,1H3,(H,18,20). The van der Waals surface area contributed by atoms with Crippen molar-refractivity contribution in [1.29, 1.82) is 0 Å². The molecule has 0 atom stereocenters. The van der Waals surface area contributed by atoms with E-state index in [1.54, 1.807) is 6.07 Å². The summed E-state index contributed by atoms with van der Waals surface area (Å²) in [5, 5.41) is 2.85. The molecule has 3 heterocycles. The molecule has 0 unspecified atom stereocenters. The van der Waals surface area contributed by atoms with E-state index in [0.717, 1.165) is 18.4 Å². The molecule has 1 saturated heterocycles. The van der Waals surface area contributed by atoms with Gasteiger partial charge in [0.15, 0.2) is 23.1 Å². The minimum Gasteiger partial charge on any atom is -0.454 e. The largest absolute Gasteiger partial charge is 0.454 e. The number of hydrogen-bond acceptors (Lipinski definition) is 6. The first-order chi connectivity index (χ1) is 11.7. The lowest BCUT2D eigenvalue weighted by Crippen LogP contribution is -2.16. The molecule has 7 heteroatoms. The number of carbonyl (C=O) groups is 1. The highest BCUT2D eigenvalue weighted by molar-refractivity contribution is 6.03. The third kappa shape index (κ3) is 2.82. The number of nitrogens with zero attached hydrogens (tertiary/aromatic N) is 1. The molecule has 0 saturated carbocycles. The molecule has 0 bridgehead atoms. The lowest BCUT2D eigenvalue weighted by molar-refractivity contribution is 0.0794. The predicted molar refractivity (Wildman–Crippen MR) is 84.6 cm³/mol. The topological polar surface area (TPSA) is 82.8 Å². The molecule has 1 N–H and O–H groups in total. The van der Waals surface area contributed by atoms with E-state index in [9.17, 15) is 4.79 Å². The van der Waals surface area contributed by atoms with E-state index < -0.39 is 0 Å². The molecule has 2 aliphatic rings. The average molecular weight is 330 g/mol. The monoisotopic (exact) mass is 330 g/mol. The van der Waals surface area contributed by atoms with Gasteiger partial charge in [-0.05, 0) is 31.4 Å². The number of oxazole rings is 1. The summed E-state index contributed by atoms with van der Waals surface area (Å²) < 4.78 is 21.5. The van der Waals surface area contributed by atoms with Gasteiger partial charge in [0.25, 0.3) is 5.91 Å². The SMILES string of the molecule is Cc1cc2c(cc1NC(=O)c1coc(C3CCOCC3)n1)OCO2. The van der Waals surface area contributed by atoms with Gasteiger partial charge in [-0.1, -0.05) is 0 Å². The summed E-state index contributed by atoms with van der Waals surface area (Å²) in [5.74, 6) is 1.82. The van der Waals surface area contributed by atoms with Crippen LogP contribution in [0.3, 0.4) is 0 Å². The molecule has 0 spiro atoms. The number of fused-ring (bicyclic) bond motifs is 1. The average Bonchev–Trinajstić information content (AvgIpc) is 3.25. The van der Waals surface area contributed by atoms with Gasteiger partial charge in [0.05, 0.1) is 0 Å². The molecular formula is C17H18N2O5. The van der Waals surface area contributed by atoms with Gasteiger partial charge in [-0.3, -0.25) is 4.79 Å². The lowest BCUT2D eigenvalue weighted by atomic mass is 10.0. The second kappa shape index (κ2) is 6.16. The molecule has 1 amide bonds. The number of ether oxygens (including phenoxy) is 3. The smallest absolute Gasteiger partial charge is 0.277 e. The van der Waals surface area contributed by atoms with E-state index in [-0.39, 0.29) is 24.3 Å². The van der Waals surface area contributed by atoms with Gasteiger partial charge in [0, 0.05) is 30.9 Å². The summed E-state index contributed by atoms with van der Waals surface area (Å²) in [5.41, 5.74) is 1.83. The van der Waals surface area contributed by atoms with Crippen LogP contribution >= 0.6 is 0 Å². The Hall–Kier alpha value is -2.54. The highest BCUT2D eigenvalue weighted by atomic mass is 16.7. The predicted octanol–water partition coefficient (Wildman–Crippen LogP) is 2.86. The van der Waals surface area contributed by atoms with E-state index in [2.05, 4.69) is 10.3 Å². The fourth-order valence-corrected chi connectivity index (χ4v) is 2.89. The molecule has 0 radical (unpaired) electrons. The summed E-state index contributed by atoms with van der Waals surface area (Å²) in [4.78, 5) is 16.8. The molecule has 2 aliphatic heterocycles. The maximum atomic E-state index is 12.4. The first-order valence-electron chi connectivity index (χ1n) is 7.95. The molecule has 0 aliphatic carbocycles. The Morgan fingerprint density at radius 2 is 1.96 bits per heavy atom. The van der Waals surface area contributed by atoms with Crippen LogP contribution in [-0.4, -0.2) is 30.9 Å². The summed E-state index contributed by atoms with van der Waals surface area (Å²) in [7, 11) is 0. The van der Waals surface area contributed by atoms with Crippen molar-refractivity contribution in [3.05, 3.63) is 35.5 Å². The van der Waals surface area contributed by atoms with Crippen LogP contribution in [0.4, 0.5) is 5.69 Å². The molecule has 126 valence electrons. The van der Waals surface area contributed by atoms with Crippen molar-refractivity contribution in [2.45, 2.75) is 25.7 Å². The Balaban J connectivity index is 1.49. The normalized spacial score (nSPS) is 17.0. The Bertz CT molecular complexity index is 764. The minimum atomic E-state index is -0.306. The van der Waals surface area contributed by atoms with Crippen molar-refractivity contribution in [1.82, 2.24) is 4.98 Å². The zero-order valence-electron chi connectivity index (χ0n) is 13.3. The Morgan fingerprint density at radius 3 is 2.75 bits per heavy atom. The third-order valence-corrected chi connectivity index (χ3v) is 4.29. The zero-order valence-corrected chi connectivity index (χ0v) is 13.3. The van der Waals surface area contributed by atoms with Crippen LogP contribution < -0.4 is 14.8 Å². The molecule has 1 fully saturated rings. The Morgan fingerprint density at radius 1 is 1.21 bits per heavy atom. The molecule has 2 aromatic rings. The van der Waals surface area contributed by atoms with Crippen molar-refractivity contribution in [3.8, 4) is 11.5 Å². The first kappa shape index (κ1) is 15.0. The Labute approximate surface area is 138 Å². The van der Waals surface area contributed by atoms with Gasteiger partial charge in [-0.15, -0.1) is 0 Å². The summed E-state index contributed by atoms with van der Waals surface area (Å²) in [6.45, 7) is 3.49. The van der Waals surface area contributed by atoms with Crippen LogP contribution in [0.1, 0.15) is 40.7 Å². The molecule has 24 heavy (non-hydrogen) atoms. The van der Waals surface area contributed by atoms with Crippen molar-refractivity contribution >= 4 is 11.6 Å². The number of benzene rings is 1. The summed E-state index contributed by atoms with van der Waals surface area (Å²) in [6, 6.07) is 3.60. The van der Waals surface area contributed by atoms with Gasteiger partial charge in [0.1, 0.15) is 6.26 Å². The van der Waals surface area contributed by atoms with Crippen LogP contribution in [0.15, 0.2) is 22.8 Å². The second-order valence-corrected chi connectivity index (χ2v) is 5.93. The zero-order chi connectivity index (χ0) is 16.5. The fourth-order valence-electron chi connectivity index (χ4n) is 2.89. The van der Waals surface area contributed by atoms with E-state index in [4.69, 9.17) is 18.6 Å². The maximum Gasteiger partial charge on any atom is 0.277 e. The fraction of sp³-hybridized carbons (Fsp3) is 0.412. The Kier molecular flexibility index (Phi) is 3.86. The van der Waals surface area contributed by atoms with E-state index in [0.29, 0.717) is 36.3 Å². The first-order valence-corrected chi connectivity index (χ1v) is 7.95. The number of aryl methyl sites for hydroxylation is 1. The minimum absolute atomic E-state index is 0.198. The molecule has 1 aromatic carbocycles. The summed E-state index contributed by atoms with van der Waals surface area (Å²) in [6.07, 6.45) is 3.13. The molecular weight excluding hydrogens is 312 g/mol. The maximum absolute atomic E-state index is 12.4. The number of rotatable bonds is 3. The molecule has 4 rings (SSSR count). The van der Waals surface area contributed by atoms with Gasteiger partial charge < -0.3 is 23.9 Å². The number of carbonyl (C=O) groups excluding carboxylic acids is 1. The van der Waals surface area contributed by atoms with E-state index >= 15 is 0 Å². The highest BCUT2D eigenvalue weighted by Crippen LogP contribution is 2.36. The molecule has 7 nitrogen and oxygen atoms in total. The third-order valence-electron chi connectivity index (χ3n) is 4.29. The lowest BCUT2D eigenvalue weighted by Gasteiger charge is -2.18. The van der Waals surface area contributed by atoms with Crippen molar-refractivity contribution < 1.29 is 23.4 Å². The van der Waals surface area contributed by atoms with Crippen molar-refractivity contribution in [2.24, 2.45) is 0 Å². The molecule has 1 aromatic heterocycles. The van der Waals surface area contributed by atoms with Crippen molar-refractivity contribution in [3.63, 3.8) is 0 Å². The number of nitrogens with one attached hydrogen (secondary N) is 1.